The first-order chi connectivity index (χ1) is 12.6. The molecule has 0 fully saturated rings. The average molecular weight is 353 g/mol. The lowest BCUT2D eigenvalue weighted by atomic mass is 10.1. The summed E-state index contributed by atoms with van der Waals surface area (Å²) in [6, 6.07) is 13.0. The monoisotopic (exact) mass is 353 g/mol. The second kappa shape index (κ2) is 6.72. The predicted octanol–water partition coefficient (Wildman–Crippen LogP) is 3.16. The number of ether oxygens (including phenoxy) is 3. The lowest BCUT2D eigenvalue weighted by Gasteiger charge is -2.18. The lowest BCUT2D eigenvalue weighted by Crippen LogP contribution is -2.18. The topological polar surface area (TPSA) is 61.1 Å². The van der Waals surface area contributed by atoms with Crippen molar-refractivity contribution in [2.75, 3.05) is 21.0 Å². The molecule has 0 radical (unpaired) electrons. The largest absolute Gasteiger partial charge is 0.497 e. The van der Waals surface area contributed by atoms with Gasteiger partial charge in [0.1, 0.15) is 11.3 Å². The van der Waals surface area contributed by atoms with Crippen LogP contribution in [0.15, 0.2) is 51.7 Å². The molecular weight excluding hydrogens is 334 g/mol. The molecular formula is C20H19NO5. The molecule has 134 valence electrons. The zero-order chi connectivity index (χ0) is 18.1. The van der Waals surface area contributed by atoms with Gasteiger partial charge in [-0.05, 0) is 42.4 Å². The molecule has 0 saturated carbocycles. The Bertz CT molecular complexity index is 1010. The van der Waals surface area contributed by atoms with Gasteiger partial charge in [-0.15, -0.1) is 0 Å². The summed E-state index contributed by atoms with van der Waals surface area (Å²) in [4.78, 5) is 14.1. The van der Waals surface area contributed by atoms with Crippen molar-refractivity contribution in [2.45, 2.75) is 13.1 Å². The lowest BCUT2D eigenvalue weighted by molar-refractivity contribution is 0.174. The van der Waals surface area contributed by atoms with E-state index in [0.29, 0.717) is 24.4 Å². The van der Waals surface area contributed by atoms with Crippen LogP contribution in [0.1, 0.15) is 11.1 Å². The maximum absolute atomic E-state index is 11.9. The van der Waals surface area contributed by atoms with E-state index in [2.05, 4.69) is 4.90 Å². The van der Waals surface area contributed by atoms with Crippen LogP contribution >= 0.6 is 0 Å². The van der Waals surface area contributed by atoms with Crippen LogP contribution in [-0.4, -0.2) is 25.9 Å². The Morgan fingerprint density at radius 3 is 2.73 bits per heavy atom. The van der Waals surface area contributed by atoms with Crippen molar-refractivity contribution in [1.29, 1.82) is 0 Å². The van der Waals surface area contributed by atoms with E-state index < -0.39 is 0 Å². The van der Waals surface area contributed by atoms with Gasteiger partial charge in [0, 0.05) is 30.6 Å². The van der Waals surface area contributed by atoms with Gasteiger partial charge in [0.05, 0.1) is 7.11 Å². The van der Waals surface area contributed by atoms with Crippen molar-refractivity contribution in [3.63, 3.8) is 0 Å². The summed E-state index contributed by atoms with van der Waals surface area (Å²) >= 11 is 0. The maximum Gasteiger partial charge on any atom is 0.336 e. The van der Waals surface area contributed by atoms with Gasteiger partial charge in [0.15, 0.2) is 11.5 Å². The Kier molecular flexibility index (Phi) is 4.26. The molecule has 2 heterocycles. The van der Waals surface area contributed by atoms with E-state index in [1.807, 2.05) is 37.4 Å². The number of nitrogens with zero attached hydrogens (tertiary/aromatic N) is 1. The molecule has 2 aromatic carbocycles. The second-order valence-electron chi connectivity index (χ2n) is 6.31. The quantitative estimate of drug-likeness (QED) is 0.657. The second-order valence-corrected chi connectivity index (χ2v) is 6.31. The minimum absolute atomic E-state index is 0.268. The molecule has 4 rings (SSSR count). The molecule has 3 aromatic rings. The van der Waals surface area contributed by atoms with Crippen LogP contribution in [0.4, 0.5) is 0 Å². The molecule has 0 N–H and O–H groups in total. The summed E-state index contributed by atoms with van der Waals surface area (Å²) in [6.45, 7) is 1.60. The van der Waals surface area contributed by atoms with Crippen LogP contribution < -0.4 is 19.8 Å². The molecule has 0 unspecified atom stereocenters. The van der Waals surface area contributed by atoms with Gasteiger partial charge in [0.2, 0.25) is 6.79 Å². The molecule has 6 nitrogen and oxygen atoms in total. The van der Waals surface area contributed by atoms with Crippen molar-refractivity contribution >= 4 is 11.0 Å². The standard InChI is InChI=1S/C20H19NO5/c1-21(10-13-3-6-17-19(7-13)25-12-24-17)11-14-8-20(22)26-18-9-15(23-2)4-5-16(14)18/h3-9H,10-12H2,1-2H3. The molecule has 0 bridgehead atoms. The minimum Gasteiger partial charge on any atom is -0.497 e. The fraction of sp³-hybridized carbons (Fsp3) is 0.250. The molecule has 26 heavy (non-hydrogen) atoms. The Morgan fingerprint density at radius 1 is 1.04 bits per heavy atom. The number of hydrogen-bond donors (Lipinski definition) is 0. The molecule has 0 atom stereocenters. The summed E-state index contributed by atoms with van der Waals surface area (Å²) in [5.41, 5.74) is 2.20. The van der Waals surface area contributed by atoms with E-state index in [0.717, 1.165) is 28.0 Å². The van der Waals surface area contributed by atoms with E-state index in [1.165, 1.54) is 0 Å². The van der Waals surface area contributed by atoms with Gasteiger partial charge in [0.25, 0.3) is 0 Å². The van der Waals surface area contributed by atoms with Crippen LogP contribution in [0, 0.1) is 0 Å². The SMILES string of the molecule is COc1ccc2c(CN(C)Cc3ccc4c(c3)OCO4)cc(=O)oc2c1. The van der Waals surface area contributed by atoms with Crippen LogP contribution in [-0.2, 0) is 13.1 Å². The Balaban J connectivity index is 1.57. The molecule has 1 aliphatic heterocycles. The normalized spacial score (nSPS) is 12.7. The molecule has 1 aliphatic rings. The third-order valence-corrected chi connectivity index (χ3v) is 4.37. The summed E-state index contributed by atoms with van der Waals surface area (Å²) in [5.74, 6) is 2.21. The van der Waals surface area contributed by atoms with E-state index in [-0.39, 0.29) is 12.4 Å². The van der Waals surface area contributed by atoms with E-state index in [1.54, 1.807) is 19.2 Å². The van der Waals surface area contributed by atoms with Crippen molar-refractivity contribution in [1.82, 2.24) is 4.90 Å². The summed E-state index contributed by atoms with van der Waals surface area (Å²) < 4.78 is 21.3. The number of hydrogen-bond acceptors (Lipinski definition) is 6. The Morgan fingerprint density at radius 2 is 1.88 bits per heavy atom. The zero-order valence-electron chi connectivity index (χ0n) is 14.7. The highest BCUT2D eigenvalue weighted by Crippen LogP contribution is 2.33. The molecule has 0 amide bonds. The fourth-order valence-electron chi connectivity index (χ4n) is 3.17. The van der Waals surface area contributed by atoms with E-state index in [9.17, 15) is 4.79 Å². The number of rotatable bonds is 5. The molecule has 0 aliphatic carbocycles. The molecule has 1 aromatic heterocycles. The van der Waals surface area contributed by atoms with Gasteiger partial charge in [-0.25, -0.2) is 4.79 Å². The average Bonchev–Trinajstić information content (AvgIpc) is 3.08. The van der Waals surface area contributed by atoms with Crippen LogP contribution in [0.2, 0.25) is 0 Å². The van der Waals surface area contributed by atoms with Crippen LogP contribution in [0.5, 0.6) is 17.2 Å². The van der Waals surface area contributed by atoms with Crippen molar-refractivity contribution in [3.05, 3.63) is 64.0 Å². The first-order valence-electron chi connectivity index (χ1n) is 8.30. The van der Waals surface area contributed by atoms with Crippen LogP contribution in [0.3, 0.4) is 0 Å². The Labute approximate surface area is 150 Å². The van der Waals surface area contributed by atoms with Crippen molar-refractivity contribution in [3.8, 4) is 17.2 Å². The highest BCUT2D eigenvalue weighted by atomic mass is 16.7. The molecule has 0 saturated heterocycles. The summed E-state index contributed by atoms with van der Waals surface area (Å²) in [7, 11) is 3.59. The Hall–Kier alpha value is -2.99. The summed E-state index contributed by atoms with van der Waals surface area (Å²) in [6.07, 6.45) is 0. The summed E-state index contributed by atoms with van der Waals surface area (Å²) in [5, 5.41) is 0.905. The van der Waals surface area contributed by atoms with Gasteiger partial charge >= 0.3 is 5.63 Å². The van der Waals surface area contributed by atoms with Gasteiger partial charge in [-0.3, -0.25) is 4.90 Å². The van der Waals surface area contributed by atoms with E-state index in [4.69, 9.17) is 18.6 Å². The maximum atomic E-state index is 11.9. The predicted molar refractivity (Wildman–Crippen MR) is 96.8 cm³/mol. The number of benzene rings is 2. The van der Waals surface area contributed by atoms with E-state index >= 15 is 0 Å². The van der Waals surface area contributed by atoms with Gasteiger partial charge in [-0.2, -0.15) is 0 Å². The molecule has 0 spiro atoms. The number of methoxy groups -OCH3 is 1. The highest BCUT2D eigenvalue weighted by Gasteiger charge is 2.14. The third-order valence-electron chi connectivity index (χ3n) is 4.37. The van der Waals surface area contributed by atoms with Crippen molar-refractivity contribution in [2.24, 2.45) is 0 Å². The van der Waals surface area contributed by atoms with Gasteiger partial charge in [-0.1, -0.05) is 6.07 Å². The first-order valence-corrected chi connectivity index (χ1v) is 8.30. The van der Waals surface area contributed by atoms with Gasteiger partial charge < -0.3 is 18.6 Å². The van der Waals surface area contributed by atoms with Crippen LogP contribution in [0.25, 0.3) is 11.0 Å². The fourth-order valence-corrected chi connectivity index (χ4v) is 3.17. The zero-order valence-corrected chi connectivity index (χ0v) is 14.7. The third kappa shape index (κ3) is 3.23. The molecule has 6 heteroatoms. The van der Waals surface area contributed by atoms with Crippen molar-refractivity contribution < 1.29 is 18.6 Å². The first kappa shape index (κ1) is 16.5. The number of fused-ring (bicyclic) bond motifs is 2. The smallest absolute Gasteiger partial charge is 0.336 e. The highest BCUT2D eigenvalue weighted by molar-refractivity contribution is 5.81. The minimum atomic E-state index is -0.364.